The largest absolute Gasteiger partial charge is 0.416 e. The summed E-state index contributed by atoms with van der Waals surface area (Å²) in [6.07, 6.45) is -1.09. The average Bonchev–Trinajstić information content (AvgIpc) is 2.79. The minimum absolute atomic E-state index is 0.0556. The number of alkyl halides is 3. The van der Waals surface area contributed by atoms with Crippen LogP contribution in [0.4, 0.5) is 17.6 Å². The summed E-state index contributed by atoms with van der Waals surface area (Å²) in [6, 6.07) is 6.31. The highest BCUT2D eigenvalue weighted by molar-refractivity contribution is 7.91. The second-order valence-electron chi connectivity index (χ2n) is 6.98. The van der Waals surface area contributed by atoms with Gasteiger partial charge in [-0.3, -0.25) is 4.79 Å². The first-order valence-corrected chi connectivity index (χ1v) is 11.1. The number of nitrogens with zero attached hydrogens (tertiary/aromatic N) is 4. The zero-order valence-corrected chi connectivity index (χ0v) is 17.7. The molecule has 0 spiro atoms. The van der Waals surface area contributed by atoms with Gasteiger partial charge in [0, 0.05) is 28.9 Å². The number of rotatable bonds is 4. The molecule has 3 heterocycles. The van der Waals surface area contributed by atoms with Crippen molar-refractivity contribution in [3.63, 3.8) is 0 Å². The van der Waals surface area contributed by atoms with Gasteiger partial charge in [-0.2, -0.15) is 27.3 Å². The normalized spacial score (nSPS) is 12.3. The molecule has 0 aliphatic rings. The minimum atomic E-state index is -4.60. The van der Waals surface area contributed by atoms with E-state index >= 15 is 0 Å². The molecule has 0 saturated heterocycles. The standard InChI is InChI=1S/C21H14F4N4O3S/c1-2-33(31,32)17-8-13(12-3-6-18(22)26-9-12)10-27-19(17)29-20(30)16-5-4-15(21(23,24)25)7-14(16)11-28-29/h3-11H,2H2,1H3. The van der Waals surface area contributed by atoms with Crippen LogP contribution in [0.5, 0.6) is 0 Å². The lowest BCUT2D eigenvalue weighted by atomic mass is 10.1. The molecule has 0 N–H and O–H groups in total. The van der Waals surface area contributed by atoms with Crippen LogP contribution in [-0.2, 0) is 16.0 Å². The Hall–Kier alpha value is -3.67. The maximum absolute atomic E-state index is 13.1. The smallest absolute Gasteiger partial charge is 0.267 e. The van der Waals surface area contributed by atoms with Crippen molar-refractivity contribution < 1.29 is 26.0 Å². The van der Waals surface area contributed by atoms with E-state index in [-0.39, 0.29) is 27.2 Å². The molecule has 3 aromatic heterocycles. The molecule has 0 fully saturated rings. The molecule has 0 atom stereocenters. The van der Waals surface area contributed by atoms with Crippen molar-refractivity contribution in [1.29, 1.82) is 0 Å². The van der Waals surface area contributed by atoms with Gasteiger partial charge in [-0.05, 0) is 36.4 Å². The van der Waals surface area contributed by atoms with Crippen molar-refractivity contribution >= 4 is 20.6 Å². The summed E-state index contributed by atoms with van der Waals surface area (Å²) in [5.74, 6) is -1.34. The lowest BCUT2D eigenvalue weighted by Crippen LogP contribution is -2.24. The predicted molar refractivity (Wildman–Crippen MR) is 111 cm³/mol. The second kappa shape index (κ2) is 8.03. The van der Waals surface area contributed by atoms with Crippen LogP contribution in [0, 0.1) is 5.95 Å². The van der Waals surface area contributed by atoms with E-state index in [0.29, 0.717) is 11.1 Å². The molecule has 0 aliphatic carbocycles. The van der Waals surface area contributed by atoms with Crippen molar-refractivity contribution in [1.82, 2.24) is 19.7 Å². The highest BCUT2D eigenvalue weighted by Crippen LogP contribution is 2.31. The number of aromatic nitrogens is 4. The van der Waals surface area contributed by atoms with E-state index in [1.54, 1.807) is 0 Å². The third kappa shape index (κ3) is 4.21. The minimum Gasteiger partial charge on any atom is -0.267 e. The lowest BCUT2D eigenvalue weighted by molar-refractivity contribution is -0.137. The van der Waals surface area contributed by atoms with Gasteiger partial charge in [0.2, 0.25) is 5.95 Å². The van der Waals surface area contributed by atoms with Crippen LogP contribution < -0.4 is 5.56 Å². The van der Waals surface area contributed by atoms with Crippen LogP contribution in [0.2, 0.25) is 0 Å². The van der Waals surface area contributed by atoms with E-state index < -0.39 is 33.1 Å². The molecule has 7 nitrogen and oxygen atoms in total. The number of halogens is 4. The van der Waals surface area contributed by atoms with Gasteiger partial charge >= 0.3 is 6.18 Å². The summed E-state index contributed by atoms with van der Waals surface area (Å²) < 4.78 is 78.4. The Kier molecular flexibility index (Phi) is 5.48. The summed E-state index contributed by atoms with van der Waals surface area (Å²) in [5, 5.41) is 3.72. The van der Waals surface area contributed by atoms with Crippen LogP contribution in [0.3, 0.4) is 0 Å². The summed E-state index contributed by atoms with van der Waals surface area (Å²) in [5.41, 5.74) is -1.08. The van der Waals surface area contributed by atoms with E-state index in [1.807, 2.05) is 0 Å². The Bertz CT molecular complexity index is 1530. The Balaban J connectivity index is 1.93. The Morgan fingerprint density at radius 1 is 0.970 bits per heavy atom. The zero-order valence-electron chi connectivity index (χ0n) is 16.8. The molecule has 0 unspecified atom stereocenters. The van der Waals surface area contributed by atoms with Crippen LogP contribution in [0.25, 0.3) is 27.7 Å². The van der Waals surface area contributed by atoms with Gasteiger partial charge in [-0.1, -0.05) is 6.92 Å². The topological polar surface area (TPSA) is 94.8 Å². The number of pyridine rings is 2. The van der Waals surface area contributed by atoms with Gasteiger partial charge in [0.1, 0.15) is 4.90 Å². The molecule has 4 rings (SSSR count). The van der Waals surface area contributed by atoms with Gasteiger partial charge in [-0.25, -0.2) is 18.4 Å². The fraction of sp³-hybridized carbons (Fsp3) is 0.143. The van der Waals surface area contributed by atoms with E-state index in [9.17, 15) is 30.8 Å². The van der Waals surface area contributed by atoms with Gasteiger partial charge in [-0.15, -0.1) is 0 Å². The third-order valence-corrected chi connectivity index (χ3v) is 6.65. The zero-order chi connectivity index (χ0) is 24.0. The first-order chi connectivity index (χ1) is 15.5. The first-order valence-electron chi connectivity index (χ1n) is 9.45. The Morgan fingerprint density at radius 3 is 2.33 bits per heavy atom. The number of sulfone groups is 1. The number of hydrogen-bond acceptors (Lipinski definition) is 6. The van der Waals surface area contributed by atoms with E-state index in [2.05, 4.69) is 15.1 Å². The van der Waals surface area contributed by atoms with Crippen LogP contribution >= 0.6 is 0 Å². The van der Waals surface area contributed by atoms with Gasteiger partial charge in [0.25, 0.3) is 5.56 Å². The number of fused-ring (bicyclic) bond motifs is 1. The monoisotopic (exact) mass is 478 g/mol. The molecule has 4 aromatic rings. The quantitative estimate of drug-likeness (QED) is 0.327. The predicted octanol–water partition coefficient (Wildman–Crippen LogP) is 3.79. The molecule has 0 aliphatic heterocycles. The molecule has 1 aromatic carbocycles. The highest BCUT2D eigenvalue weighted by Gasteiger charge is 2.31. The lowest BCUT2D eigenvalue weighted by Gasteiger charge is -2.13. The van der Waals surface area contributed by atoms with E-state index in [1.165, 1.54) is 31.5 Å². The van der Waals surface area contributed by atoms with E-state index in [0.717, 1.165) is 35.1 Å². The van der Waals surface area contributed by atoms with Gasteiger partial charge in [0.15, 0.2) is 15.7 Å². The van der Waals surface area contributed by atoms with Crippen LogP contribution in [-0.4, -0.2) is 33.9 Å². The van der Waals surface area contributed by atoms with Crippen LogP contribution in [0.1, 0.15) is 12.5 Å². The average molecular weight is 478 g/mol. The number of hydrogen-bond donors (Lipinski definition) is 0. The maximum atomic E-state index is 13.1. The fourth-order valence-corrected chi connectivity index (χ4v) is 4.20. The SMILES string of the molecule is CCS(=O)(=O)c1cc(-c2ccc(F)nc2)cnc1-n1ncc2cc(C(F)(F)F)ccc2c1=O. The van der Waals surface area contributed by atoms with Crippen molar-refractivity contribution in [3.8, 4) is 16.9 Å². The van der Waals surface area contributed by atoms with Crippen molar-refractivity contribution in [2.24, 2.45) is 0 Å². The van der Waals surface area contributed by atoms with Crippen molar-refractivity contribution in [3.05, 3.63) is 76.9 Å². The second-order valence-corrected chi connectivity index (χ2v) is 9.23. The summed E-state index contributed by atoms with van der Waals surface area (Å²) in [7, 11) is -3.92. The summed E-state index contributed by atoms with van der Waals surface area (Å²) in [4.78, 5) is 20.3. The third-order valence-electron chi connectivity index (χ3n) is 4.92. The molecule has 0 radical (unpaired) electrons. The molecule has 0 bridgehead atoms. The molecule has 33 heavy (non-hydrogen) atoms. The van der Waals surface area contributed by atoms with Crippen LogP contribution in [0.15, 0.2) is 64.7 Å². The molecular weight excluding hydrogens is 464 g/mol. The Morgan fingerprint density at radius 2 is 1.70 bits per heavy atom. The molecule has 12 heteroatoms. The maximum Gasteiger partial charge on any atom is 0.416 e. The number of benzene rings is 1. The molecule has 0 saturated carbocycles. The molecular formula is C21H14F4N4O3S. The molecule has 0 amide bonds. The summed E-state index contributed by atoms with van der Waals surface area (Å²) in [6.45, 7) is 1.40. The summed E-state index contributed by atoms with van der Waals surface area (Å²) >= 11 is 0. The highest BCUT2D eigenvalue weighted by atomic mass is 32.2. The Labute approximate surface area is 184 Å². The molecule has 170 valence electrons. The van der Waals surface area contributed by atoms with Gasteiger partial charge in [0.05, 0.1) is 22.9 Å². The van der Waals surface area contributed by atoms with Crippen molar-refractivity contribution in [2.45, 2.75) is 18.0 Å². The van der Waals surface area contributed by atoms with Gasteiger partial charge < -0.3 is 0 Å². The first kappa shape index (κ1) is 22.5. The van der Waals surface area contributed by atoms with E-state index in [4.69, 9.17) is 0 Å². The fourth-order valence-electron chi connectivity index (χ4n) is 3.16. The van der Waals surface area contributed by atoms with Crippen molar-refractivity contribution in [2.75, 3.05) is 5.75 Å².